The van der Waals surface area contributed by atoms with Gasteiger partial charge in [-0.15, -0.1) is 0 Å². The minimum absolute atomic E-state index is 0.0675. The summed E-state index contributed by atoms with van der Waals surface area (Å²) in [5.41, 5.74) is -0.433. The Morgan fingerprint density at radius 1 is 0.875 bits per heavy atom. The van der Waals surface area contributed by atoms with E-state index in [0.29, 0.717) is 33.3 Å². The molecule has 32 heavy (non-hydrogen) atoms. The van der Waals surface area contributed by atoms with Gasteiger partial charge in [-0.05, 0) is 60.7 Å². The molecule has 1 heterocycles. The number of carbonyl (C=O) groups excluding carboxylic acids is 2. The Hall–Kier alpha value is -4.09. The summed E-state index contributed by atoms with van der Waals surface area (Å²) >= 11 is 0. The summed E-state index contributed by atoms with van der Waals surface area (Å²) in [5.74, 6) is -0.313. The van der Waals surface area contributed by atoms with Gasteiger partial charge in [0.2, 0.25) is 0 Å². The first-order chi connectivity index (χ1) is 15.5. The summed E-state index contributed by atoms with van der Waals surface area (Å²) in [7, 11) is -0.0675. The standard InChI is InChI=1S/C24H15O7P/c25-21(14-29-23(26)20-13-16-3-1-2-4-22(16)31-24(20)27)15-5-7-17(8-6-15)30-18-9-11-19(32-28)12-10-18/h1-13H,14H2. The van der Waals surface area contributed by atoms with E-state index in [1.54, 1.807) is 72.8 Å². The molecule has 0 saturated heterocycles. The van der Waals surface area contributed by atoms with E-state index in [0.717, 1.165) is 0 Å². The van der Waals surface area contributed by atoms with Crippen LogP contribution in [0, 0.1) is 0 Å². The molecule has 0 unspecified atom stereocenters. The molecule has 0 fully saturated rings. The Bertz CT molecular complexity index is 1360. The molecule has 3 aromatic carbocycles. The lowest BCUT2D eigenvalue weighted by Crippen LogP contribution is -2.20. The zero-order valence-corrected chi connectivity index (χ0v) is 17.4. The number of Topliss-reactive ketones (excluding diaryl/α,β-unsaturated/α-hetero) is 1. The van der Waals surface area contributed by atoms with Crippen LogP contribution in [0.25, 0.3) is 11.0 Å². The smallest absolute Gasteiger partial charge is 0.351 e. The second kappa shape index (κ2) is 9.37. The van der Waals surface area contributed by atoms with Crippen LogP contribution in [0.4, 0.5) is 0 Å². The first kappa shape index (κ1) is 21.2. The normalized spacial score (nSPS) is 10.8. The van der Waals surface area contributed by atoms with Crippen molar-refractivity contribution in [2.45, 2.75) is 0 Å². The number of ketones is 1. The number of carbonyl (C=O) groups is 2. The SMILES string of the molecule is O=Pc1ccc(Oc2ccc(C(=O)COC(=O)c3cc4ccccc4oc3=O)cc2)cc1. The number of benzene rings is 3. The topological polar surface area (TPSA) is 99.9 Å². The summed E-state index contributed by atoms with van der Waals surface area (Å²) in [4.78, 5) is 36.7. The highest BCUT2D eigenvalue weighted by Crippen LogP contribution is 2.21. The van der Waals surface area contributed by atoms with Gasteiger partial charge in [-0.25, -0.2) is 9.59 Å². The summed E-state index contributed by atoms with van der Waals surface area (Å²) in [5, 5.41) is 1.21. The van der Waals surface area contributed by atoms with E-state index >= 15 is 0 Å². The van der Waals surface area contributed by atoms with Gasteiger partial charge in [0.15, 0.2) is 20.9 Å². The second-order valence-electron chi connectivity index (χ2n) is 6.70. The third-order valence-corrected chi connectivity index (χ3v) is 5.06. The van der Waals surface area contributed by atoms with Crippen LogP contribution in [0.5, 0.6) is 11.5 Å². The fraction of sp³-hybridized carbons (Fsp3) is 0.0417. The fourth-order valence-corrected chi connectivity index (χ4v) is 3.19. The summed E-state index contributed by atoms with van der Waals surface area (Å²) in [6, 6.07) is 21.1. The van der Waals surface area contributed by atoms with E-state index in [-0.39, 0.29) is 14.0 Å². The van der Waals surface area contributed by atoms with E-state index in [2.05, 4.69) is 0 Å². The number of ether oxygens (including phenoxy) is 2. The molecule has 4 rings (SSSR count). The van der Waals surface area contributed by atoms with Gasteiger partial charge in [0.05, 0.1) is 0 Å². The van der Waals surface area contributed by atoms with Crippen molar-refractivity contribution < 1.29 is 28.0 Å². The quantitative estimate of drug-likeness (QED) is 0.178. The van der Waals surface area contributed by atoms with Crippen molar-refractivity contribution in [3.8, 4) is 11.5 Å². The van der Waals surface area contributed by atoms with Crippen molar-refractivity contribution in [1.82, 2.24) is 0 Å². The maximum absolute atomic E-state index is 12.4. The predicted molar refractivity (Wildman–Crippen MR) is 117 cm³/mol. The average Bonchev–Trinajstić information content (AvgIpc) is 2.83. The highest BCUT2D eigenvalue weighted by Gasteiger charge is 2.17. The lowest BCUT2D eigenvalue weighted by Gasteiger charge is -2.07. The van der Waals surface area contributed by atoms with Crippen LogP contribution in [-0.4, -0.2) is 18.4 Å². The molecule has 0 aliphatic rings. The Kier molecular flexibility index (Phi) is 6.19. The van der Waals surface area contributed by atoms with Crippen molar-refractivity contribution in [2.24, 2.45) is 0 Å². The first-order valence-electron chi connectivity index (χ1n) is 9.48. The van der Waals surface area contributed by atoms with E-state index in [1.807, 2.05) is 0 Å². The number of hydrogen-bond donors (Lipinski definition) is 0. The van der Waals surface area contributed by atoms with Gasteiger partial charge < -0.3 is 13.9 Å². The summed E-state index contributed by atoms with van der Waals surface area (Å²) in [6.07, 6.45) is 0. The molecular weight excluding hydrogens is 431 g/mol. The van der Waals surface area contributed by atoms with E-state index in [1.165, 1.54) is 6.07 Å². The van der Waals surface area contributed by atoms with E-state index < -0.39 is 24.0 Å². The lowest BCUT2D eigenvalue weighted by atomic mass is 10.1. The van der Waals surface area contributed by atoms with Crippen molar-refractivity contribution in [3.05, 3.63) is 100 Å². The molecule has 158 valence electrons. The third-order valence-electron chi connectivity index (χ3n) is 4.55. The van der Waals surface area contributed by atoms with Gasteiger partial charge in [0.25, 0.3) is 0 Å². The number of rotatable bonds is 7. The van der Waals surface area contributed by atoms with Gasteiger partial charge in [0, 0.05) is 16.3 Å². The number of para-hydroxylation sites is 1. The zero-order valence-electron chi connectivity index (χ0n) is 16.5. The first-order valence-corrected chi connectivity index (χ1v) is 10.3. The molecule has 0 atom stereocenters. The van der Waals surface area contributed by atoms with Gasteiger partial charge in [-0.2, -0.15) is 0 Å². The molecule has 0 amide bonds. The molecule has 8 heteroatoms. The average molecular weight is 446 g/mol. The largest absolute Gasteiger partial charge is 0.457 e. The number of hydrogen-bond acceptors (Lipinski definition) is 7. The summed E-state index contributed by atoms with van der Waals surface area (Å²) in [6.45, 7) is -0.527. The monoisotopic (exact) mass is 446 g/mol. The minimum atomic E-state index is -0.932. The van der Waals surface area contributed by atoms with Crippen molar-refractivity contribution in [2.75, 3.05) is 6.61 Å². The Morgan fingerprint density at radius 2 is 1.53 bits per heavy atom. The van der Waals surface area contributed by atoms with Crippen LogP contribution in [0.2, 0.25) is 0 Å². The van der Waals surface area contributed by atoms with E-state index in [9.17, 15) is 18.9 Å². The molecule has 0 radical (unpaired) electrons. The molecule has 0 aliphatic carbocycles. The van der Waals surface area contributed by atoms with Crippen LogP contribution >= 0.6 is 8.46 Å². The van der Waals surface area contributed by atoms with Gasteiger partial charge in [-0.3, -0.25) is 9.36 Å². The summed E-state index contributed by atoms with van der Waals surface area (Å²) < 4.78 is 26.6. The highest BCUT2D eigenvalue weighted by atomic mass is 31.1. The van der Waals surface area contributed by atoms with Crippen molar-refractivity contribution in [3.63, 3.8) is 0 Å². The van der Waals surface area contributed by atoms with Crippen molar-refractivity contribution in [1.29, 1.82) is 0 Å². The van der Waals surface area contributed by atoms with Gasteiger partial charge in [0.1, 0.15) is 22.6 Å². The van der Waals surface area contributed by atoms with Crippen LogP contribution in [0.3, 0.4) is 0 Å². The van der Waals surface area contributed by atoms with Crippen molar-refractivity contribution >= 4 is 36.5 Å². The molecule has 4 aromatic rings. The Labute approximate surface area is 183 Å². The highest BCUT2D eigenvalue weighted by molar-refractivity contribution is 7.34. The Morgan fingerprint density at radius 3 is 2.22 bits per heavy atom. The van der Waals surface area contributed by atoms with Gasteiger partial charge in [-0.1, -0.05) is 18.2 Å². The molecular formula is C24H15O7P. The van der Waals surface area contributed by atoms with Crippen LogP contribution in [0.1, 0.15) is 20.7 Å². The molecule has 0 saturated carbocycles. The molecule has 7 nitrogen and oxygen atoms in total. The van der Waals surface area contributed by atoms with Crippen LogP contribution in [-0.2, 0) is 9.30 Å². The molecule has 0 spiro atoms. The fourth-order valence-electron chi connectivity index (χ4n) is 2.92. The molecule has 0 bridgehead atoms. The molecule has 0 N–H and O–H groups in total. The third kappa shape index (κ3) is 4.79. The molecule has 1 aromatic heterocycles. The van der Waals surface area contributed by atoms with Crippen LogP contribution < -0.4 is 15.7 Å². The maximum Gasteiger partial charge on any atom is 0.351 e. The second-order valence-corrected chi connectivity index (χ2v) is 7.40. The zero-order chi connectivity index (χ0) is 22.5. The molecule has 0 aliphatic heterocycles. The lowest BCUT2D eigenvalue weighted by molar-refractivity contribution is 0.0470. The maximum atomic E-state index is 12.4. The minimum Gasteiger partial charge on any atom is -0.457 e. The van der Waals surface area contributed by atoms with Gasteiger partial charge >= 0.3 is 11.6 Å². The number of esters is 1. The Balaban J connectivity index is 1.38. The predicted octanol–water partition coefficient (Wildman–Crippen LogP) is 4.54. The van der Waals surface area contributed by atoms with E-state index in [4.69, 9.17) is 13.9 Å². The van der Waals surface area contributed by atoms with Crippen LogP contribution in [0.15, 0.2) is 88.1 Å². The number of fused-ring (bicyclic) bond motifs is 1.